The Kier molecular flexibility index (Phi) is 7.41. The van der Waals surface area contributed by atoms with Gasteiger partial charge in [0.25, 0.3) is 5.56 Å². The molecule has 0 fully saturated rings. The largest absolute Gasteiger partial charge is 0.356 e. The number of hydrogen-bond donors (Lipinski definition) is 1. The van der Waals surface area contributed by atoms with Crippen molar-refractivity contribution in [3.63, 3.8) is 0 Å². The van der Waals surface area contributed by atoms with Gasteiger partial charge in [-0.2, -0.15) is 0 Å². The van der Waals surface area contributed by atoms with Crippen molar-refractivity contribution in [2.45, 2.75) is 37.8 Å². The number of nitrogens with zero attached hydrogens (tertiary/aromatic N) is 2. The number of carbonyl (C=O) groups is 1. The molecule has 1 amide bonds. The molecule has 0 unspecified atom stereocenters. The van der Waals surface area contributed by atoms with Crippen molar-refractivity contribution >= 4 is 28.6 Å². The van der Waals surface area contributed by atoms with Crippen molar-refractivity contribution in [3.05, 3.63) is 64.7 Å². The molecule has 1 heterocycles. The molecule has 0 saturated carbocycles. The van der Waals surface area contributed by atoms with Gasteiger partial charge in [-0.3, -0.25) is 14.2 Å². The van der Waals surface area contributed by atoms with Crippen molar-refractivity contribution in [3.8, 4) is 5.69 Å². The molecule has 0 spiro atoms. The van der Waals surface area contributed by atoms with Crippen LogP contribution in [-0.4, -0.2) is 27.8 Å². The second-order valence-corrected chi connectivity index (χ2v) is 7.72. The van der Waals surface area contributed by atoms with Gasteiger partial charge in [0.05, 0.1) is 16.6 Å². The van der Waals surface area contributed by atoms with Crippen LogP contribution in [0.2, 0.25) is 0 Å². The summed E-state index contributed by atoms with van der Waals surface area (Å²) in [5, 5.41) is 3.76. The van der Waals surface area contributed by atoms with Crippen molar-refractivity contribution in [2.24, 2.45) is 0 Å². The van der Waals surface area contributed by atoms with Crippen LogP contribution in [0.5, 0.6) is 0 Å². The standard InChI is InChI=1S/C22H24FN3O2S/c1-2-14-24-20(27)13-7-8-15-29-22-25-18-11-5-3-9-16(18)21(28)26(22)19-12-6-4-10-17(19)23/h3-6,9-12H,2,7-8,13-15H2,1H3,(H,24,27). The Morgan fingerprint density at radius 1 is 1.14 bits per heavy atom. The maximum atomic E-state index is 14.4. The van der Waals surface area contributed by atoms with Gasteiger partial charge in [0.1, 0.15) is 5.82 Å². The Balaban J connectivity index is 1.80. The molecule has 7 heteroatoms. The Morgan fingerprint density at radius 2 is 1.90 bits per heavy atom. The van der Waals surface area contributed by atoms with Gasteiger partial charge >= 0.3 is 0 Å². The van der Waals surface area contributed by atoms with Crippen LogP contribution in [0.15, 0.2) is 58.5 Å². The average Bonchev–Trinajstić information content (AvgIpc) is 2.73. The highest BCUT2D eigenvalue weighted by Crippen LogP contribution is 2.23. The first-order valence-corrected chi connectivity index (χ1v) is 10.8. The molecule has 0 atom stereocenters. The molecular weight excluding hydrogens is 389 g/mol. The average molecular weight is 414 g/mol. The normalized spacial score (nSPS) is 11.0. The minimum atomic E-state index is -0.471. The molecule has 2 aromatic carbocycles. The summed E-state index contributed by atoms with van der Waals surface area (Å²) in [7, 11) is 0. The first kappa shape index (κ1) is 21.0. The summed E-state index contributed by atoms with van der Waals surface area (Å²) in [6, 6.07) is 13.3. The second-order valence-electron chi connectivity index (χ2n) is 6.66. The van der Waals surface area contributed by atoms with Crippen LogP contribution in [0, 0.1) is 5.82 Å². The van der Waals surface area contributed by atoms with Gasteiger partial charge in [-0.15, -0.1) is 0 Å². The lowest BCUT2D eigenvalue weighted by Gasteiger charge is -2.13. The topological polar surface area (TPSA) is 64.0 Å². The van der Waals surface area contributed by atoms with Crippen LogP contribution in [0.4, 0.5) is 4.39 Å². The predicted molar refractivity (Wildman–Crippen MR) is 115 cm³/mol. The zero-order chi connectivity index (χ0) is 20.6. The third-order valence-electron chi connectivity index (χ3n) is 4.44. The maximum Gasteiger partial charge on any atom is 0.266 e. The summed E-state index contributed by atoms with van der Waals surface area (Å²) in [5.74, 6) is 0.269. The number of fused-ring (bicyclic) bond motifs is 1. The monoisotopic (exact) mass is 413 g/mol. The first-order chi connectivity index (χ1) is 14.1. The van der Waals surface area contributed by atoms with E-state index in [2.05, 4.69) is 10.3 Å². The Bertz CT molecular complexity index is 1050. The van der Waals surface area contributed by atoms with Crippen LogP contribution in [0.25, 0.3) is 16.6 Å². The van der Waals surface area contributed by atoms with E-state index in [0.29, 0.717) is 34.8 Å². The molecule has 29 heavy (non-hydrogen) atoms. The fourth-order valence-electron chi connectivity index (χ4n) is 2.96. The molecular formula is C22H24FN3O2S. The number of thioether (sulfide) groups is 1. The molecule has 1 N–H and O–H groups in total. The summed E-state index contributed by atoms with van der Waals surface area (Å²) < 4.78 is 15.8. The van der Waals surface area contributed by atoms with E-state index in [1.54, 1.807) is 36.4 Å². The van der Waals surface area contributed by atoms with E-state index in [4.69, 9.17) is 0 Å². The number of nitrogens with one attached hydrogen (secondary N) is 1. The van der Waals surface area contributed by atoms with E-state index in [1.165, 1.54) is 22.4 Å². The van der Waals surface area contributed by atoms with Gasteiger partial charge in [0, 0.05) is 18.7 Å². The minimum absolute atomic E-state index is 0.0592. The number of carbonyl (C=O) groups excluding carboxylic acids is 1. The van der Waals surface area contributed by atoms with Gasteiger partial charge < -0.3 is 5.32 Å². The Labute approximate surface area is 173 Å². The van der Waals surface area contributed by atoms with Gasteiger partial charge in [-0.1, -0.05) is 43.0 Å². The molecule has 0 aliphatic heterocycles. The minimum Gasteiger partial charge on any atom is -0.356 e. The number of aromatic nitrogens is 2. The summed E-state index contributed by atoms with van der Waals surface area (Å²) in [4.78, 5) is 29.4. The SMILES string of the molecule is CCCNC(=O)CCCCSc1nc2ccccc2c(=O)n1-c1ccccc1F. The van der Waals surface area contributed by atoms with Crippen LogP contribution in [0.1, 0.15) is 32.6 Å². The molecule has 152 valence electrons. The number of halogens is 1. The molecule has 0 bridgehead atoms. The second kappa shape index (κ2) is 10.2. The number of hydrogen-bond acceptors (Lipinski definition) is 4. The first-order valence-electron chi connectivity index (χ1n) is 9.78. The van der Waals surface area contributed by atoms with Crippen molar-refractivity contribution in [1.82, 2.24) is 14.9 Å². The van der Waals surface area contributed by atoms with Crippen molar-refractivity contribution < 1.29 is 9.18 Å². The summed E-state index contributed by atoms with van der Waals surface area (Å²) >= 11 is 1.40. The zero-order valence-electron chi connectivity index (χ0n) is 16.4. The zero-order valence-corrected chi connectivity index (χ0v) is 17.2. The third-order valence-corrected chi connectivity index (χ3v) is 5.46. The third kappa shape index (κ3) is 5.23. The van der Waals surface area contributed by atoms with Gasteiger partial charge in [0.2, 0.25) is 5.91 Å². The molecule has 3 aromatic rings. The predicted octanol–water partition coefficient (Wildman–Crippen LogP) is 4.31. The molecule has 3 rings (SSSR count). The van der Waals surface area contributed by atoms with E-state index in [-0.39, 0.29) is 17.2 Å². The number of unbranched alkanes of at least 4 members (excludes halogenated alkanes) is 1. The van der Waals surface area contributed by atoms with Crippen LogP contribution >= 0.6 is 11.8 Å². The van der Waals surface area contributed by atoms with E-state index in [1.807, 2.05) is 13.0 Å². The van der Waals surface area contributed by atoms with E-state index in [9.17, 15) is 14.0 Å². The van der Waals surface area contributed by atoms with Crippen LogP contribution in [0.3, 0.4) is 0 Å². The van der Waals surface area contributed by atoms with Gasteiger partial charge in [0.15, 0.2) is 5.16 Å². The lowest BCUT2D eigenvalue weighted by Crippen LogP contribution is -2.23. The molecule has 0 aliphatic rings. The molecule has 5 nitrogen and oxygen atoms in total. The molecule has 0 saturated heterocycles. The van der Waals surface area contributed by atoms with E-state index in [0.717, 1.165) is 19.3 Å². The number of amides is 1. The van der Waals surface area contributed by atoms with Gasteiger partial charge in [-0.05, 0) is 43.5 Å². The van der Waals surface area contributed by atoms with E-state index < -0.39 is 5.82 Å². The van der Waals surface area contributed by atoms with Crippen LogP contribution < -0.4 is 10.9 Å². The number of para-hydroxylation sites is 2. The Hall–Kier alpha value is -2.67. The Morgan fingerprint density at radius 3 is 2.69 bits per heavy atom. The summed E-state index contributed by atoms with van der Waals surface area (Å²) in [6.45, 7) is 2.71. The smallest absolute Gasteiger partial charge is 0.266 e. The van der Waals surface area contributed by atoms with Crippen molar-refractivity contribution in [2.75, 3.05) is 12.3 Å². The van der Waals surface area contributed by atoms with Crippen LogP contribution in [-0.2, 0) is 4.79 Å². The maximum absolute atomic E-state index is 14.4. The fraction of sp³-hybridized carbons (Fsp3) is 0.318. The lowest BCUT2D eigenvalue weighted by molar-refractivity contribution is -0.121. The highest BCUT2D eigenvalue weighted by molar-refractivity contribution is 7.99. The molecule has 0 radical (unpaired) electrons. The van der Waals surface area contributed by atoms with E-state index >= 15 is 0 Å². The quantitative estimate of drug-likeness (QED) is 0.322. The number of benzene rings is 2. The molecule has 1 aromatic heterocycles. The highest BCUT2D eigenvalue weighted by atomic mass is 32.2. The highest BCUT2D eigenvalue weighted by Gasteiger charge is 2.15. The fourth-order valence-corrected chi connectivity index (χ4v) is 3.96. The number of rotatable bonds is 9. The van der Waals surface area contributed by atoms with Crippen molar-refractivity contribution in [1.29, 1.82) is 0 Å². The lowest BCUT2D eigenvalue weighted by atomic mass is 10.2. The molecule has 0 aliphatic carbocycles. The summed E-state index contributed by atoms with van der Waals surface area (Å²) in [5.41, 5.74) is 0.492. The summed E-state index contributed by atoms with van der Waals surface area (Å²) in [6.07, 6.45) is 2.94. The van der Waals surface area contributed by atoms with Gasteiger partial charge in [-0.25, -0.2) is 9.37 Å².